The van der Waals surface area contributed by atoms with Gasteiger partial charge < -0.3 is 4.90 Å². The number of hydrogen-bond acceptors (Lipinski definition) is 1. The second-order valence-electron chi connectivity index (χ2n) is 4.97. The molecule has 0 N–H and O–H groups in total. The van der Waals surface area contributed by atoms with Crippen LogP contribution in [-0.2, 0) is 5.41 Å². The van der Waals surface area contributed by atoms with Gasteiger partial charge in [0.15, 0.2) is 0 Å². The molecule has 1 aromatic rings. The first-order valence-corrected chi connectivity index (χ1v) is 5.37. The van der Waals surface area contributed by atoms with Gasteiger partial charge in [-0.1, -0.05) is 39.0 Å². The van der Waals surface area contributed by atoms with Gasteiger partial charge in [0.05, 0.1) is 0 Å². The molecule has 0 aromatic heterocycles. The van der Waals surface area contributed by atoms with Crippen molar-refractivity contribution in [2.75, 3.05) is 18.5 Å². The SMILES string of the molecule is C=CCN(C)c1ccc(C(C)(C)C)cc1. The van der Waals surface area contributed by atoms with E-state index in [1.165, 1.54) is 11.3 Å². The van der Waals surface area contributed by atoms with Crippen molar-refractivity contribution < 1.29 is 0 Å². The van der Waals surface area contributed by atoms with Gasteiger partial charge >= 0.3 is 0 Å². The molecule has 82 valence electrons. The van der Waals surface area contributed by atoms with E-state index < -0.39 is 0 Å². The molecule has 1 heteroatoms. The molecular weight excluding hydrogens is 182 g/mol. The molecule has 0 unspecified atom stereocenters. The Labute approximate surface area is 93.4 Å². The van der Waals surface area contributed by atoms with Crippen LogP contribution < -0.4 is 4.90 Å². The Morgan fingerprint density at radius 3 is 2.13 bits per heavy atom. The van der Waals surface area contributed by atoms with Gasteiger partial charge in [-0.25, -0.2) is 0 Å². The third-order valence-electron chi connectivity index (χ3n) is 2.58. The van der Waals surface area contributed by atoms with Gasteiger partial charge in [-0.2, -0.15) is 0 Å². The summed E-state index contributed by atoms with van der Waals surface area (Å²) in [5.41, 5.74) is 2.84. The van der Waals surface area contributed by atoms with Crippen molar-refractivity contribution in [3.8, 4) is 0 Å². The summed E-state index contributed by atoms with van der Waals surface area (Å²) in [6.07, 6.45) is 1.91. The monoisotopic (exact) mass is 203 g/mol. The van der Waals surface area contributed by atoms with E-state index in [4.69, 9.17) is 0 Å². The molecule has 0 saturated carbocycles. The predicted molar refractivity (Wildman–Crippen MR) is 68.6 cm³/mol. The summed E-state index contributed by atoms with van der Waals surface area (Å²) in [6.45, 7) is 11.3. The van der Waals surface area contributed by atoms with E-state index in [2.05, 4.69) is 63.6 Å². The van der Waals surface area contributed by atoms with Crippen LogP contribution in [0.3, 0.4) is 0 Å². The summed E-state index contributed by atoms with van der Waals surface area (Å²) in [6, 6.07) is 8.75. The molecule has 0 aliphatic heterocycles. The lowest BCUT2D eigenvalue weighted by atomic mass is 9.87. The van der Waals surface area contributed by atoms with E-state index in [1.807, 2.05) is 6.08 Å². The minimum atomic E-state index is 0.232. The topological polar surface area (TPSA) is 3.24 Å². The molecule has 15 heavy (non-hydrogen) atoms. The van der Waals surface area contributed by atoms with Crippen LogP contribution in [0, 0.1) is 0 Å². The molecule has 0 bridgehead atoms. The number of rotatable bonds is 3. The van der Waals surface area contributed by atoms with Crippen molar-refractivity contribution in [2.24, 2.45) is 0 Å². The van der Waals surface area contributed by atoms with E-state index in [1.54, 1.807) is 0 Å². The fourth-order valence-corrected chi connectivity index (χ4v) is 1.51. The number of likely N-dealkylation sites (N-methyl/N-ethyl adjacent to an activating group) is 1. The molecule has 1 nitrogen and oxygen atoms in total. The zero-order chi connectivity index (χ0) is 11.5. The number of anilines is 1. The molecular formula is C14H21N. The van der Waals surface area contributed by atoms with Crippen LogP contribution in [0.2, 0.25) is 0 Å². The lowest BCUT2D eigenvalue weighted by molar-refractivity contribution is 0.590. The van der Waals surface area contributed by atoms with Gasteiger partial charge in [-0.15, -0.1) is 6.58 Å². The van der Waals surface area contributed by atoms with Gasteiger partial charge in [-0.05, 0) is 23.1 Å². The molecule has 0 atom stereocenters. The fourth-order valence-electron chi connectivity index (χ4n) is 1.51. The molecule has 0 saturated heterocycles. The maximum Gasteiger partial charge on any atom is 0.0366 e. The Morgan fingerprint density at radius 1 is 1.20 bits per heavy atom. The van der Waals surface area contributed by atoms with Gasteiger partial charge in [0, 0.05) is 19.3 Å². The lowest BCUT2D eigenvalue weighted by Gasteiger charge is -2.22. The van der Waals surface area contributed by atoms with Crippen LogP contribution in [0.1, 0.15) is 26.3 Å². The highest BCUT2D eigenvalue weighted by Gasteiger charge is 2.13. The Bertz CT molecular complexity index is 316. The molecule has 0 aliphatic carbocycles. The van der Waals surface area contributed by atoms with E-state index in [-0.39, 0.29) is 5.41 Å². The summed E-state index contributed by atoms with van der Waals surface area (Å²) < 4.78 is 0. The third-order valence-corrected chi connectivity index (χ3v) is 2.58. The average Bonchev–Trinajstić information content (AvgIpc) is 2.17. The Hall–Kier alpha value is -1.24. The standard InChI is InChI=1S/C14H21N/c1-6-11-15(5)13-9-7-12(8-10-13)14(2,3)4/h6-10H,1,11H2,2-5H3. The predicted octanol–water partition coefficient (Wildman–Crippen LogP) is 3.61. The Balaban J connectivity index is 2.85. The first-order chi connectivity index (χ1) is 6.95. The molecule has 1 aromatic carbocycles. The molecule has 1 rings (SSSR count). The Morgan fingerprint density at radius 2 is 1.73 bits per heavy atom. The zero-order valence-electron chi connectivity index (χ0n) is 10.2. The van der Waals surface area contributed by atoms with E-state index >= 15 is 0 Å². The molecule has 0 spiro atoms. The van der Waals surface area contributed by atoms with Crippen molar-refractivity contribution in [2.45, 2.75) is 26.2 Å². The highest BCUT2D eigenvalue weighted by molar-refractivity contribution is 5.48. The highest BCUT2D eigenvalue weighted by atomic mass is 15.1. The van der Waals surface area contributed by atoms with Gasteiger partial charge in [0.25, 0.3) is 0 Å². The van der Waals surface area contributed by atoms with Crippen molar-refractivity contribution in [1.82, 2.24) is 0 Å². The second-order valence-corrected chi connectivity index (χ2v) is 4.97. The van der Waals surface area contributed by atoms with Crippen molar-refractivity contribution in [3.05, 3.63) is 42.5 Å². The lowest BCUT2D eigenvalue weighted by Crippen LogP contribution is -2.17. The van der Waals surface area contributed by atoms with Gasteiger partial charge in [0.1, 0.15) is 0 Å². The van der Waals surface area contributed by atoms with Gasteiger partial charge in [-0.3, -0.25) is 0 Å². The zero-order valence-corrected chi connectivity index (χ0v) is 10.2. The van der Waals surface area contributed by atoms with Crippen molar-refractivity contribution in [1.29, 1.82) is 0 Å². The van der Waals surface area contributed by atoms with Crippen LogP contribution in [0.5, 0.6) is 0 Å². The van der Waals surface area contributed by atoms with Crippen molar-refractivity contribution >= 4 is 5.69 Å². The second kappa shape index (κ2) is 4.52. The van der Waals surface area contributed by atoms with Gasteiger partial charge in [0.2, 0.25) is 0 Å². The van der Waals surface area contributed by atoms with Crippen LogP contribution in [0.15, 0.2) is 36.9 Å². The summed E-state index contributed by atoms with van der Waals surface area (Å²) in [4.78, 5) is 2.18. The minimum absolute atomic E-state index is 0.232. The van der Waals surface area contributed by atoms with Crippen molar-refractivity contribution in [3.63, 3.8) is 0 Å². The summed E-state index contributed by atoms with van der Waals surface area (Å²) in [7, 11) is 2.08. The summed E-state index contributed by atoms with van der Waals surface area (Å²) >= 11 is 0. The molecule has 0 heterocycles. The van der Waals surface area contributed by atoms with E-state index in [0.29, 0.717) is 0 Å². The van der Waals surface area contributed by atoms with E-state index in [0.717, 1.165) is 6.54 Å². The average molecular weight is 203 g/mol. The molecule has 0 amide bonds. The first kappa shape index (κ1) is 11.8. The fraction of sp³-hybridized carbons (Fsp3) is 0.429. The van der Waals surface area contributed by atoms with E-state index in [9.17, 15) is 0 Å². The normalized spacial score (nSPS) is 11.2. The first-order valence-electron chi connectivity index (χ1n) is 5.37. The third kappa shape index (κ3) is 3.12. The maximum atomic E-state index is 3.74. The summed E-state index contributed by atoms with van der Waals surface area (Å²) in [5.74, 6) is 0. The smallest absolute Gasteiger partial charge is 0.0366 e. The van der Waals surface area contributed by atoms with Crippen LogP contribution in [0.4, 0.5) is 5.69 Å². The van der Waals surface area contributed by atoms with Crippen LogP contribution in [-0.4, -0.2) is 13.6 Å². The minimum Gasteiger partial charge on any atom is -0.371 e. The maximum absolute atomic E-state index is 3.74. The highest BCUT2D eigenvalue weighted by Crippen LogP contribution is 2.24. The van der Waals surface area contributed by atoms with Crippen LogP contribution >= 0.6 is 0 Å². The molecule has 0 aliphatic rings. The molecule has 0 radical (unpaired) electrons. The molecule has 0 fully saturated rings. The largest absolute Gasteiger partial charge is 0.371 e. The Kier molecular flexibility index (Phi) is 3.57. The number of hydrogen-bond donors (Lipinski definition) is 0. The summed E-state index contributed by atoms with van der Waals surface area (Å²) in [5, 5.41) is 0. The number of nitrogens with zero attached hydrogens (tertiary/aromatic N) is 1. The van der Waals surface area contributed by atoms with Crippen LogP contribution in [0.25, 0.3) is 0 Å². The quantitative estimate of drug-likeness (QED) is 0.678. The number of benzene rings is 1.